The maximum atomic E-state index is 13.4. The van der Waals surface area contributed by atoms with Gasteiger partial charge in [-0.05, 0) is 56.2 Å². The quantitative estimate of drug-likeness (QED) is 0.600. The van der Waals surface area contributed by atoms with Crippen LogP contribution in [-0.2, 0) is 14.3 Å². The Morgan fingerprint density at radius 1 is 1.10 bits per heavy atom. The first-order valence-electron chi connectivity index (χ1n) is 10.8. The number of ether oxygens (including phenoxy) is 3. The summed E-state index contributed by atoms with van der Waals surface area (Å²) >= 11 is 3.64. The van der Waals surface area contributed by atoms with Gasteiger partial charge in [-0.1, -0.05) is 22.5 Å². The standard InChI is InChI=1S/C24H28BrNO5/c1-13-21(24(28)31-14-7-4-5-8-14)22(23-17(26-13)9-6-10-18(23)27)15-11-19(29-2)20(30-3)12-16(15)25/h11-12,14,21-22,26H,1,4-10H2,2-3H3. The summed E-state index contributed by atoms with van der Waals surface area (Å²) in [5.41, 5.74) is 2.87. The maximum absolute atomic E-state index is 13.4. The van der Waals surface area contributed by atoms with Crippen LogP contribution in [0.15, 0.2) is 40.2 Å². The molecule has 6 nitrogen and oxygen atoms in total. The van der Waals surface area contributed by atoms with Gasteiger partial charge in [0.25, 0.3) is 0 Å². The number of methoxy groups -OCH3 is 2. The molecular formula is C24H28BrNO5. The predicted molar refractivity (Wildman–Crippen MR) is 120 cm³/mol. The van der Waals surface area contributed by atoms with Gasteiger partial charge >= 0.3 is 5.97 Å². The fourth-order valence-corrected chi connectivity index (χ4v) is 5.53. The van der Waals surface area contributed by atoms with Gasteiger partial charge in [0.15, 0.2) is 17.3 Å². The molecule has 0 aromatic heterocycles. The molecule has 0 radical (unpaired) electrons. The molecule has 31 heavy (non-hydrogen) atoms. The van der Waals surface area contributed by atoms with Crippen molar-refractivity contribution in [3.05, 3.63) is 45.7 Å². The van der Waals surface area contributed by atoms with E-state index in [0.29, 0.717) is 29.2 Å². The number of rotatable bonds is 5. The molecule has 1 aliphatic heterocycles. The van der Waals surface area contributed by atoms with Crippen molar-refractivity contribution >= 4 is 27.7 Å². The number of Topliss-reactive ketones (excluding diaryl/α,β-unsaturated/α-hetero) is 1. The van der Waals surface area contributed by atoms with Crippen molar-refractivity contribution < 1.29 is 23.8 Å². The summed E-state index contributed by atoms with van der Waals surface area (Å²) in [7, 11) is 3.14. The van der Waals surface area contributed by atoms with Crippen molar-refractivity contribution in [3.63, 3.8) is 0 Å². The van der Waals surface area contributed by atoms with Crippen LogP contribution in [0.2, 0.25) is 0 Å². The zero-order chi connectivity index (χ0) is 22.1. The summed E-state index contributed by atoms with van der Waals surface area (Å²) in [6.45, 7) is 4.16. The number of hydrogen-bond donors (Lipinski definition) is 1. The van der Waals surface area contributed by atoms with E-state index in [4.69, 9.17) is 14.2 Å². The monoisotopic (exact) mass is 489 g/mol. The highest BCUT2D eigenvalue weighted by molar-refractivity contribution is 9.10. The van der Waals surface area contributed by atoms with Gasteiger partial charge < -0.3 is 19.5 Å². The van der Waals surface area contributed by atoms with Crippen molar-refractivity contribution in [3.8, 4) is 11.5 Å². The summed E-state index contributed by atoms with van der Waals surface area (Å²) in [6, 6.07) is 3.65. The normalized spacial score (nSPS) is 24.0. The zero-order valence-corrected chi connectivity index (χ0v) is 19.5. The van der Waals surface area contributed by atoms with Crippen molar-refractivity contribution in [2.24, 2.45) is 5.92 Å². The van der Waals surface area contributed by atoms with Crippen LogP contribution in [0, 0.1) is 5.92 Å². The molecule has 2 aliphatic carbocycles. The van der Waals surface area contributed by atoms with Crippen LogP contribution in [0.4, 0.5) is 0 Å². The van der Waals surface area contributed by atoms with Gasteiger partial charge in [-0.2, -0.15) is 0 Å². The SMILES string of the molecule is C=C1NC2=C(C(=O)CCC2)C(c2cc(OC)c(OC)cc2Br)C1C(=O)OC1CCCC1. The highest BCUT2D eigenvalue weighted by Crippen LogP contribution is 2.48. The lowest BCUT2D eigenvalue weighted by Crippen LogP contribution is -2.42. The number of carbonyl (C=O) groups is 2. The lowest BCUT2D eigenvalue weighted by atomic mass is 9.71. The summed E-state index contributed by atoms with van der Waals surface area (Å²) in [5.74, 6) is -0.360. The minimum absolute atomic E-state index is 0.0617. The molecule has 2 unspecified atom stereocenters. The topological polar surface area (TPSA) is 73.9 Å². The Morgan fingerprint density at radius 2 is 1.77 bits per heavy atom. The summed E-state index contributed by atoms with van der Waals surface area (Å²) in [5, 5.41) is 3.27. The number of halogens is 1. The van der Waals surface area contributed by atoms with E-state index in [1.54, 1.807) is 14.2 Å². The molecule has 1 heterocycles. The Kier molecular flexibility index (Phi) is 6.42. The minimum atomic E-state index is -0.698. The fourth-order valence-electron chi connectivity index (χ4n) is 4.96. The molecule has 7 heteroatoms. The Balaban J connectivity index is 1.83. The Hall–Kier alpha value is -2.28. The lowest BCUT2D eigenvalue weighted by Gasteiger charge is -2.39. The predicted octanol–water partition coefficient (Wildman–Crippen LogP) is 4.78. The fraction of sp³-hybridized carbons (Fsp3) is 0.500. The van der Waals surface area contributed by atoms with Gasteiger partial charge in [0.1, 0.15) is 12.0 Å². The van der Waals surface area contributed by atoms with E-state index in [9.17, 15) is 9.59 Å². The van der Waals surface area contributed by atoms with Crippen LogP contribution < -0.4 is 14.8 Å². The zero-order valence-electron chi connectivity index (χ0n) is 18.0. The maximum Gasteiger partial charge on any atom is 0.316 e. The van der Waals surface area contributed by atoms with E-state index < -0.39 is 11.8 Å². The molecule has 4 rings (SSSR count). The molecule has 1 N–H and O–H groups in total. The first-order valence-corrected chi connectivity index (χ1v) is 11.6. The second kappa shape index (κ2) is 9.07. The van der Waals surface area contributed by atoms with Crippen molar-refractivity contribution in [2.75, 3.05) is 14.2 Å². The second-order valence-electron chi connectivity index (χ2n) is 8.35. The summed E-state index contributed by atoms with van der Waals surface area (Å²) in [6.07, 6.45) is 5.86. The van der Waals surface area contributed by atoms with Gasteiger partial charge in [0.2, 0.25) is 0 Å². The number of carbonyl (C=O) groups excluding carboxylic acids is 2. The molecule has 0 spiro atoms. The number of allylic oxidation sites excluding steroid dienone is 2. The van der Waals surface area contributed by atoms with E-state index in [0.717, 1.165) is 54.3 Å². The largest absolute Gasteiger partial charge is 0.493 e. The second-order valence-corrected chi connectivity index (χ2v) is 9.20. The first-order chi connectivity index (χ1) is 14.9. The highest BCUT2D eigenvalue weighted by Gasteiger charge is 2.45. The molecule has 1 aromatic carbocycles. The molecule has 0 bridgehead atoms. The van der Waals surface area contributed by atoms with E-state index in [1.807, 2.05) is 12.1 Å². The molecule has 3 aliphatic rings. The summed E-state index contributed by atoms with van der Waals surface area (Å²) in [4.78, 5) is 26.5. The average Bonchev–Trinajstić information content (AvgIpc) is 3.25. The Bertz CT molecular complexity index is 948. The van der Waals surface area contributed by atoms with Crippen molar-refractivity contribution in [2.45, 2.75) is 57.0 Å². The number of nitrogens with one attached hydrogen (secondary N) is 1. The van der Waals surface area contributed by atoms with Gasteiger partial charge in [0.05, 0.1) is 14.2 Å². The third-order valence-electron chi connectivity index (χ3n) is 6.46. The third kappa shape index (κ3) is 4.12. The molecule has 1 aromatic rings. The van der Waals surface area contributed by atoms with Gasteiger partial charge in [0, 0.05) is 33.8 Å². The molecule has 1 fully saturated rings. The van der Waals surface area contributed by atoms with Crippen LogP contribution in [0.25, 0.3) is 0 Å². The number of ketones is 1. The Morgan fingerprint density at radius 3 is 2.45 bits per heavy atom. The molecule has 1 saturated carbocycles. The average molecular weight is 490 g/mol. The van der Waals surface area contributed by atoms with Crippen molar-refractivity contribution in [1.29, 1.82) is 0 Å². The van der Waals surface area contributed by atoms with E-state index in [2.05, 4.69) is 27.8 Å². The van der Waals surface area contributed by atoms with Crippen LogP contribution in [0.1, 0.15) is 56.4 Å². The van der Waals surface area contributed by atoms with E-state index in [1.165, 1.54) is 0 Å². The van der Waals surface area contributed by atoms with E-state index >= 15 is 0 Å². The first kappa shape index (κ1) is 21.9. The lowest BCUT2D eigenvalue weighted by molar-refractivity contribution is -0.153. The smallest absolute Gasteiger partial charge is 0.316 e. The third-order valence-corrected chi connectivity index (χ3v) is 7.15. The molecule has 0 amide bonds. The van der Waals surface area contributed by atoms with Crippen LogP contribution >= 0.6 is 15.9 Å². The van der Waals surface area contributed by atoms with Crippen molar-refractivity contribution in [1.82, 2.24) is 5.32 Å². The summed E-state index contributed by atoms with van der Waals surface area (Å²) < 4.78 is 17.6. The molecular weight excluding hydrogens is 462 g/mol. The van der Waals surface area contributed by atoms with Crippen LogP contribution in [-0.4, -0.2) is 32.1 Å². The number of hydrogen-bond acceptors (Lipinski definition) is 6. The van der Waals surface area contributed by atoms with E-state index in [-0.39, 0.29) is 17.9 Å². The molecule has 2 atom stereocenters. The minimum Gasteiger partial charge on any atom is -0.493 e. The van der Waals surface area contributed by atoms with Gasteiger partial charge in [-0.15, -0.1) is 0 Å². The highest BCUT2D eigenvalue weighted by atomic mass is 79.9. The number of benzene rings is 1. The molecule has 166 valence electrons. The number of esters is 1. The van der Waals surface area contributed by atoms with Crippen LogP contribution in [0.5, 0.6) is 11.5 Å². The van der Waals surface area contributed by atoms with Gasteiger partial charge in [-0.3, -0.25) is 9.59 Å². The Labute approximate surface area is 191 Å². The van der Waals surface area contributed by atoms with Crippen LogP contribution in [0.3, 0.4) is 0 Å². The van der Waals surface area contributed by atoms with Gasteiger partial charge in [-0.25, -0.2) is 0 Å². The molecule has 0 saturated heterocycles.